The Balaban J connectivity index is 1.57. The molecule has 1 aliphatic heterocycles. The van der Waals surface area contributed by atoms with Gasteiger partial charge in [-0.05, 0) is 67.8 Å². The number of nitrogens with zero attached hydrogens (tertiary/aromatic N) is 2. The second-order valence-electron chi connectivity index (χ2n) is 6.58. The van der Waals surface area contributed by atoms with E-state index in [2.05, 4.69) is 43.4 Å². The number of benzene rings is 2. The Morgan fingerprint density at radius 3 is 2.62 bits per heavy atom. The van der Waals surface area contributed by atoms with E-state index in [0.717, 1.165) is 28.4 Å². The molecule has 5 nitrogen and oxygen atoms in total. The van der Waals surface area contributed by atoms with Gasteiger partial charge in [0.05, 0.1) is 11.7 Å². The number of rotatable bonds is 3. The second kappa shape index (κ2) is 6.67. The van der Waals surface area contributed by atoms with Gasteiger partial charge >= 0.3 is 0 Å². The maximum atomic E-state index is 5.60. The molecule has 1 aliphatic rings. The molecule has 1 aromatic heterocycles. The zero-order valence-electron chi connectivity index (χ0n) is 15.2. The lowest BCUT2D eigenvalue weighted by molar-refractivity contribution is 0.171. The van der Waals surface area contributed by atoms with Crippen LogP contribution < -0.4 is 14.9 Å². The maximum Gasteiger partial charge on any atom is 0.162 e. The van der Waals surface area contributed by atoms with Crippen molar-refractivity contribution < 1.29 is 9.47 Å². The van der Waals surface area contributed by atoms with Gasteiger partial charge < -0.3 is 9.47 Å². The Morgan fingerprint density at radius 2 is 1.77 bits per heavy atom. The van der Waals surface area contributed by atoms with Gasteiger partial charge in [0.25, 0.3) is 0 Å². The van der Waals surface area contributed by atoms with E-state index in [1.807, 2.05) is 24.3 Å². The zero-order chi connectivity index (χ0) is 18.1. The number of aromatic nitrogens is 1. The first-order valence-electron chi connectivity index (χ1n) is 8.67. The van der Waals surface area contributed by atoms with Crippen molar-refractivity contribution in [1.82, 2.24) is 4.98 Å². The molecule has 0 saturated heterocycles. The Morgan fingerprint density at radius 1 is 0.962 bits per heavy atom. The number of aryl methyl sites for hydroxylation is 3. The highest BCUT2D eigenvalue weighted by Gasteiger charge is 2.11. The van der Waals surface area contributed by atoms with Crippen molar-refractivity contribution in [3.05, 3.63) is 58.7 Å². The number of fused-ring (bicyclic) bond motifs is 2. The fourth-order valence-electron chi connectivity index (χ4n) is 3.22. The van der Waals surface area contributed by atoms with Gasteiger partial charge in [-0.3, -0.25) is 5.43 Å². The first-order valence-corrected chi connectivity index (χ1v) is 8.67. The Labute approximate surface area is 152 Å². The summed E-state index contributed by atoms with van der Waals surface area (Å²) in [6.45, 7) is 7.46. The van der Waals surface area contributed by atoms with Crippen LogP contribution in [0.1, 0.15) is 22.3 Å². The predicted molar refractivity (Wildman–Crippen MR) is 105 cm³/mol. The first kappa shape index (κ1) is 16.4. The lowest BCUT2D eigenvalue weighted by atomic mass is 10.0. The molecule has 0 saturated carbocycles. The van der Waals surface area contributed by atoms with Gasteiger partial charge in [-0.25, -0.2) is 4.98 Å². The van der Waals surface area contributed by atoms with Crippen molar-refractivity contribution in [2.75, 3.05) is 18.6 Å². The molecule has 5 heteroatoms. The quantitative estimate of drug-likeness (QED) is 0.564. The fraction of sp³-hybridized carbons (Fsp3) is 0.238. The van der Waals surface area contributed by atoms with Crippen LogP contribution >= 0.6 is 0 Å². The van der Waals surface area contributed by atoms with E-state index >= 15 is 0 Å². The molecule has 0 atom stereocenters. The summed E-state index contributed by atoms with van der Waals surface area (Å²) in [7, 11) is 0. The minimum absolute atomic E-state index is 0.574. The number of pyridine rings is 1. The topological polar surface area (TPSA) is 55.7 Å². The van der Waals surface area contributed by atoms with Crippen LogP contribution in [-0.2, 0) is 0 Å². The summed E-state index contributed by atoms with van der Waals surface area (Å²) in [6.07, 6.45) is 1.75. The standard InChI is InChI=1S/C21H21N3O2/c1-13-8-15(3)21-17(9-13)14(2)10-20(23-21)24-22-12-16-4-5-18-19(11-16)26-7-6-25-18/h4-5,8-12H,6-7H2,1-3H3,(H,23,24). The Bertz CT molecular complexity index is 1010. The summed E-state index contributed by atoms with van der Waals surface area (Å²) in [6, 6.07) is 12.1. The molecule has 0 fully saturated rings. The minimum Gasteiger partial charge on any atom is -0.486 e. The van der Waals surface area contributed by atoms with Crippen LogP contribution in [0.3, 0.4) is 0 Å². The second-order valence-corrected chi connectivity index (χ2v) is 6.58. The molecule has 3 aromatic rings. The van der Waals surface area contributed by atoms with Gasteiger partial charge in [0.1, 0.15) is 19.0 Å². The van der Waals surface area contributed by atoms with Gasteiger partial charge in [-0.15, -0.1) is 0 Å². The lowest BCUT2D eigenvalue weighted by Crippen LogP contribution is -2.15. The van der Waals surface area contributed by atoms with Crippen molar-refractivity contribution in [2.24, 2.45) is 5.10 Å². The number of anilines is 1. The van der Waals surface area contributed by atoms with E-state index in [0.29, 0.717) is 13.2 Å². The molecule has 132 valence electrons. The number of ether oxygens (including phenoxy) is 2. The van der Waals surface area contributed by atoms with E-state index in [9.17, 15) is 0 Å². The summed E-state index contributed by atoms with van der Waals surface area (Å²) in [5, 5.41) is 5.51. The molecular weight excluding hydrogens is 326 g/mol. The molecule has 0 bridgehead atoms. The number of nitrogens with one attached hydrogen (secondary N) is 1. The molecule has 2 heterocycles. The van der Waals surface area contributed by atoms with Crippen molar-refractivity contribution in [3.8, 4) is 11.5 Å². The fourth-order valence-corrected chi connectivity index (χ4v) is 3.22. The third kappa shape index (κ3) is 3.20. The van der Waals surface area contributed by atoms with Crippen LogP contribution in [0.15, 0.2) is 41.5 Å². The van der Waals surface area contributed by atoms with Crippen LogP contribution in [0.5, 0.6) is 11.5 Å². The summed E-state index contributed by atoms with van der Waals surface area (Å²) < 4.78 is 11.1. The normalized spacial score (nSPS) is 13.3. The predicted octanol–water partition coefficient (Wildman–Crippen LogP) is 4.38. The van der Waals surface area contributed by atoms with E-state index in [1.54, 1.807) is 6.21 Å². The molecule has 26 heavy (non-hydrogen) atoms. The van der Waals surface area contributed by atoms with Crippen molar-refractivity contribution in [2.45, 2.75) is 20.8 Å². The summed E-state index contributed by atoms with van der Waals surface area (Å²) in [5.41, 5.74) is 8.57. The highest BCUT2D eigenvalue weighted by molar-refractivity contribution is 5.87. The Hall–Kier alpha value is -3.08. The average molecular weight is 347 g/mol. The van der Waals surface area contributed by atoms with Gasteiger partial charge in [-0.2, -0.15) is 5.10 Å². The van der Waals surface area contributed by atoms with Crippen molar-refractivity contribution in [1.29, 1.82) is 0 Å². The molecule has 1 N–H and O–H groups in total. The highest BCUT2D eigenvalue weighted by atomic mass is 16.6. The van der Waals surface area contributed by atoms with Gasteiger partial charge in [-0.1, -0.05) is 11.6 Å². The van der Waals surface area contributed by atoms with Gasteiger partial charge in [0.2, 0.25) is 0 Å². The molecule has 2 aromatic carbocycles. The molecule has 0 amide bonds. The number of hydrogen-bond donors (Lipinski definition) is 1. The van der Waals surface area contributed by atoms with E-state index in [1.165, 1.54) is 22.1 Å². The smallest absolute Gasteiger partial charge is 0.162 e. The van der Waals surface area contributed by atoms with E-state index < -0.39 is 0 Å². The number of hydrogen-bond acceptors (Lipinski definition) is 5. The monoisotopic (exact) mass is 347 g/mol. The van der Waals surface area contributed by atoms with Crippen LogP contribution in [0.25, 0.3) is 10.9 Å². The largest absolute Gasteiger partial charge is 0.486 e. The van der Waals surface area contributed by atoms with Crippen LogP contribution in [0.4, 0.5) is 5.82 Å². The number of hydrazone groups is 1. The third-order valence-electron chi connectivity index (χ3n) is 4.41. The zero-order valence-corrected chi connectivity index (χ0v) is 15.2. The van der Waals surface area contributed by atoms with Gasteiger partial charge in [0.15, 0.2) is 11.5 Å². The van der Waals surface area contributed by atoms with Crippen LogP contribution in [0, 0.1) is 20.8 Å². The summed E-state index contributed by atoms with van der Waals surface area (Å²) >= 11 is 0. The first-order chi connectivity index (χ1) is 12.6. The maximum absolute atomic E-state index is 5.60. The van der Waals surface area contributed by atoms with Crippen molar-refractivity contribution >= 4 is 22.9 Å². The Kier molecular flexibility index (Phi) is 4.21. The van der Waals surface area contributed by atoms with E-state index in [-0.39, 0.29) is 0 Å². The average Bonchev–Trinajstić information content (AvgIpc) is 2.63. The van der Waals surface area contributed by atoms with E-state index in [4.69, 9.17) is 14.5 Å². The van der Waals surface area contributed by atoms with Crippen LogP contribution in [0.2, 0.25) is 0 Å². The summed E-state index contributed by atoms with van der Waals surface area (Å²) in [4.78, 5) is 4.71. The lowest BCUT2D eigenvalue weighted by Gasteiger charge is -2.18. The van der Waals surface area contributed by atoms with Crippen molar-refractivity contribution in [3.63, 3.8) is 0 Å². The third-order valence-corrected chi connectivity index (χ3v) is 4.41. The van der Waals surface area contributed by atoms with Crippen LogP contribution in [-0.4, -0.2) is 24.4 Å². The SMILES string of the molecule is Cc1cc(C)c2nc(NN=Cc3ccc4c(c3)OCCO4)cc(C)c2c1. The molecule has 0 unspecified atom stereocenters. The molecule has 0 aliphatic carbocycles. The summed E-state index contributed by atoms with van der Waals surface area (Å²) in [5.74, 6) is 2.26. The highest BCUT2D eigenvalue weighted by Crippen LogP contribution is 2.30. The molecular formula is C21H21N3O2. The van der Waals surface area contributed by atoms with Gasteiger partial charge in [0, 0.05) is 5.39 Å². The molecule has 4 rings (SSSR count). The molecule has 0 spiro atoms. The molecule has 0 radical (unpaired) electrons. The minimum atomic E-state index is 0.574.